The van der Waals surface area contributed by atoms with Gasteiger partial charge in [-0.05, 0) is 78.5 Å². The highest BCUT2D eigenvalue weighted by atomic mass is 16.6. The van der Waals surface area contributed by atoms with E-state index in [0.717, 1.165) is 12.0 Å². The molecule has 0 unspecified atom stereocenters. The van der Waals surface area contributed by atoms with Crippen molar-refractivity contribution in [2.45, 2.75) is 176 Å². The molecule has 448 valence electrons. The van der Waals surface area contributed by atoms with Crippen LogP contribution in [0.4, 0.5) is 15.3 Å². The second kappa shape index (κ2) is 33.2. The van der Waals surface area contributed by atoms with Gasteiger partial charge >= 0.3 is 12.1 Å². The van der Waals surface area contributed by atoms with Crippen LogP contribution in [-0.2, 0) is 49.6 Å². The van der Waals surface area contributed by atoms with Gasteiger partial charge in [-0.15, -0.1) is 0 Å². The number of benzene rings is 2. The van der Waals surface area contributed by atoms with Crippen LogP contribution < -0.4 is 22.1 Å². The zero-order valence-corrected chi connectivity index (χ0v) is 50.3. The summed E-state index contributed by atoms with van der Waals surface area (Å²) in [5, 5.41) is 16.3. The number of anilines is 1. The first-order valence-electron chi connectivity index (χ1n) is 28.7. The van der Waals surface area contributed by atoms with Crippen molar-refractivity contribution in [1.82, 2.24) is 20.0 Å². The Morgan fingerprint density at radius 2 is 1.40 bits per heavy atom. The maximum Gasteiger partial charge on any atom is 0.410 e. The van der Waals surface area contributed by atoms with Crippen molar-refractivity contribution in [2.75, 3.05) is 46.7 Å². The summed E-state index contributed by atoms with van der Waals surface area (Å²) in [4.78, 5) is 113. The number of nitrogens with one attached hydrogen (secondary N) is 2. The number of methoxy groups -OCH3 is 2. The van der Waals surface area contributed by atoms with Crippen LogP contribution in [0.15, 0.2) is 54.6 Å². The van der Waals surface area contributed by atoms with Gasteiger partial charge in [-0.1, -0.05) is 118 Å². The summed E-state index contributed by atoms with van der Waals surface area (Å²) in [5.74, 6) is -4.67. The minimum atomic E-state index is -0.928. The molecule has 1 aliphatic rings. The number of amides is 6. The van der Waals surface area contributed by atoms with E-state index in [4.69, 9.17) is 25.7 Å². The molecule has 2 aromatic rings. The number of primary amides is 1. The number of rotatable bonds is 34. The third kappa shape index (κ3) is 19.8. The number of hydrogen-bond acceptors (Lipinski definition) is 13. The number of likely N-dealkylation sites (N-methyl/N-ethyl adjacent to an activating group) is 2. The third-order valence-corrected chi connectivity index (χ3v) is 16.3. The summed E-state index contributed by atoms with van der Waals surface area (Å²) >= 11 is 0. The van der Waals surface area contributed by atoms with E-state index < -0.39 is 66.3 Å². The number of carbonyl (C=O) groups excluding carboxylic acids is 8. The molecule has 1 saturated heterocycles. The van der Waals surface area contributed by atoms with Crippen molar-refractivity contribution in [1.29, 1.82) is 0 Å². The maximum atomic E-state index is 14.8. The van der Waals surface area contributed by atoms with E-state index in [1.807, 2.05) is 99.6 Å². The lowest BCUT2D eigenvalue weighted by Gasteiger charge is -2.41. The number of aliphatic hydroxyl groups excluding tert-OH is 1. The highest BCUT2D eigenvalue weighted by Gasteiger charge is 2.44. The van der Waals surface area contributed by atoms with Crippen molar-refractivity contribution < 1.29 is 57.7 Å². The highest BCUT2D eigenvalue weighted by Crippen LogP contribution is 2.33. The molecule has 6 amide bonds. The number of ketones is 3. The summed E-state index contributed by atoms with van der Waals surface area (Å²) < 4.78 is 17.8. The zero-order valence-electron chi connectivity index (χ0n) is 50.3. The topological polar surface area (TPSA) is 270 Å². The number of nitrogens with zero attached hydrogens (tertiary/aromatic N) is 3. The van der Waals surface area contributed by atoms with Crippen molar-refractivity contribution in [3.05, 3.63) is 65.7 Å². The zero-order chi connectivity index (χ0) is 60.1. The first-order valence-corrected chi connectivity index (χ1v) is 28.7. The number of likely N-dealkylation sites (tertiary alicyclic amines) is 1. The van der Waals surface area contributed by atoms with E-state index in [0.29, 0.717) is 43.5 Å². The second-order valence-corrected chi connectivity index (χ2v) is 23.2. The minimum absolute atomic E-state index is 0.0364. The Morgan fingerprint density at radius 1 is 0.762 bits per heavy atom. The monoisotopic (exact) mass is 1120 g/mol. The molecule has 0 radical (unpaired) electrons. The quantitative estimate of drug-likeness (QED) is 0.0421. The first-order chi connectivity index (χ1) is 37.7. The molecule has 0 aromatic heterocycles. The van der Waals surface area contributed by atoms with E-state index in [2.05, 4.69) is 10.6 Å². The van der Waals surface area contributed by atoms with Crippen LogP contribution in [0.5, 0.6) is 0 Å². The SMILES string of the molecule is CC[C@H](C)[C@@H]([C@@H](CC(=O)N1CCC[C@H]1[C@H](OC)[C@@H](C)C(=O)C[C@H](C)[C@@H](O)c1ccccc1)OC)N(C)C(=O)[C@@H](CC(=O)[C@H](C(C)C)N(C)C(=O)OCc1ccc(NC(=O)[C@H](CCCNC(N)=O)CC(=O)[C@@H](N)C(C)C)cc1)C(C)C. The van der Waals surface area contributed by atoms with Crippen LogP contribution in [-0.4, -0.2) is 145 Å². The Labute approximate surface area is 476 Å². The van der Waals surface area contributed by atoms with Crippen molar-refractivity contribution in [2.24, 2.45) is 58.8 Å². The summed E-state index contributed by atoms with van der Waals surface area (Å²) in [7, 11) is 6.28. The molecule has 12 atom stereocenters. The Kier molecular flexibility index (Phi) is 28.5. The lowest BCUT2D eigenvalue weighted by atomic mass is 9.83. The Morgan fingerprint density at radius 3 is 1.95 bits per heavy atom. The number of urea groups is 1. The van der Waals surface area contributed by atoms with Gasteiger partial charge in [0.05, 0.1) is 48.9 Å². The lowest BCUT2D eigenvalue weighted by molar-refractivity contribution is -0.149. The summed E-state index contributed by atoms with van der Waals surface area (Å²) in [6.07, 6.45) is -0.218. The molecule has 1 aliphatic heterocycles. The maximum absolute atomic E-state index is 14.8. The van der Waals surface area contributed by atoms with Gasteiger partial charge in [-0.2, -0.15) is 0 Å². The number of Topliss-reactive ketones (excluding diaryl/α,β-unsaturated/α-hetero) is 3. The van der Waals surface area contributed by atoms with Gasteiger partial charge in [-0.3, -0.25) is 28.8 Å². The molecule has 3 rings (SSSR count). The molecule has 0 aliphatic carbocycles. The average molecular weight is 1120 g/mol. The fourth-order valence-electron chi connectivity index (χ4n) is 11.1. The van der Waals surface area contributed by atoms with Gasteiger partial charge < -0.3 is 56.1 Å². The second-order valence-electron chi connectivity index (χ2n) is 23.2. The van der Waals surface area contributed by atoms with Gasteiger partial charge in [0.15, 0.2) is 11.6 Å². The van der Waals surface area contributed by atoms with Crippen LogP contribution >= 0.6 is 0 Å². The van der Waals surface area contributed by atoms with E-state index in [1.165, 1.54) is 19.1 Å². The standard InChI is InChI=1S/C61H97N7O12/c1-15-39(8)55(51(78-13)34-52(72)68-30-20-24-47(68)57(79-14)41(10)48(69)31-40(9)56(73)43-21-17-16-18-22-43)66(11)59(75)46(36(2)3)33-50(71)54(38(6)7)67(12)61(77)80-35-42-25-27-45(28-26-42)65-58(74)44(23-19-29-64-60(63)76)32-49(70)53(62)37(4)5/h16-18,21-22,25-28,36-41,44,46-47,51,53-57,73H,15,19-20,23-24,29-35,62H2,1-14H3,(H,65,74)(H3,63,64,76)/t39-,40-,41-,44+,46-,47-,51+,53-,54-,55-,56+,57+/m0/s1. The number of aliphatic hydroxyl groups is 1. The van der Waals surface area contributed by atoms with Crippen LogP contribution in [0.2, 0.25) is 0 Å². The van der Waals surface area contributed by atoms with Crippen molar-refractivity contribution in [3.63, 3.8) is 0 Å². The number of ether oxygens (including phenoxy) is 3. The van der Waals surface area contributed by atoms with Gasteiger partial charge in [0.2, 0.25) is 17.7 Å². The van der Waals surface area contributed by atoms with Gasteiger partial charge in [-0.25, -0.2) is 9.59 Å². The smallest absolute Gasteiger partial charge is 0.410 e. The molecule has 1 fully saturated rings. The predicted octanol–water partition coefficient (Wildman–Crippen LogP) is 7.71. The molecule has 0 bridgehead atoms. The van der Waals surface area contributed by atoms with Gasteiger partial charge in [0, 0.05) is 84.1 Å². The van der Waals surface area contributed by atoms with E-state index in [-0.39, 0.29) is 110 Å². The summed E-state index contributed by atoms with van der Waals surface area (Å²) in [6, 6.07) is 12.7. The normalized spacial score (nSPS) is 17.7. The number of carbonyl (C=O) groups is 8. The highest BCUT2D eigenvalue weighted by molar-refractivity contribution is 5.96. The van der Waals surface area contributed by atoms with Gasteiger partial charge in [0.25, 0.3) is 0 Å². The number of nitrogens with two attached hydrogens (primary N) is 2. The van der Waals surface area contributed by atoms with E-state index in [9.17, 15) is 43.5 Å². The van der Waals surface area contributed by atoms with Crippen LogP contribution in [0, 0.1) is 47.3 Å². The number of hydrogen-bond donors (Lipinski definition) is 5. The molecule has 19 heteroatoms. The van der Waals surface area contributed by atoms with Crippen LogP contribution in [0.1, 0.15) is 144 Å². The van der Waals surface area contributed by atoms with E-state index >= 15 is 0 Å². The molecular formula is C61H97N7O12. The molecule has 7 N–H and O–H groups in total. The molecule has 19 nitrogen and oxygen atoms in total. The Bertz CT molecular complexity index is 2320. The molecule has 80 heavy (non-hydrogen) atoms. The Hall–Kier alpha value is -5.76. The first kappa shape index (κ1) is 68.5. The molecule has 1 heterocycles. The third-order valence-electron chi connectivity index (χ3n) is 16.3. The summed E-state index contributed by atoms with van der Waals surface area (Å²) in [6.45, 7) is 19.3. The fourth-order valence-corrected chi connectivity index (χ4v) is 11.1. The van der Waals surface area contributed by atoms with Crippen LogP contribution in [0.25, 0.3) is 0 Å². The Balaban J connectivity index is 1.70. The fraction of sp³-hybridized carbons (Fsp3) is 0.672. The lowest BCUT2D eigenvalue weighted by Crippen LogP contribution is -2.54. The molecule has 2 aromatic carbocycles. The minimum Gasteiger partial charge on any atom is -0.445 e. The summed E-state index contributed by atoms with van der Waals surface area (Å²) in [5.41, 5.74) is 13.1. The van der Waals surface area contributed by atoms with Crippen LogP contribution in [0.3, 0.4) is 0 Å². The average Bonchev–Trinajstić information content (AvgIpc) is 3.91. The van der Waals surface area contributed by atoms with Crippen molar-refractivity contribution >= 4 is 52.9 Å². The molecular weight excluding hydrogens is 1020 g/mol. The molecule has 0 saturated carbocycles. The van der Waals surface area contributed by atoms with E-state index in [1.54, 1.807) is 48.2 Å². The van der Waals surface area contributed by atoms with Gasteiger partial charge in [0.1, 0.15) is 12.4 Å². The predicted molar refractivity (Wildman–Crippen MR) is 309 cm³/mol. The van der Waals surface area contributed by atoms with Crippen molar-refractivity contribution in [3.8, 4) is 0 Å². The largest absolute Gasteiger partial charge is 0.445 e. The molecule has 0 spiro atoms.